The number of hydrogen-bond acceptors (Lipinski definition) is 4. The van der Waals surface area contributed by atoms with Crippen LogP contribution in [0.25, 0.3) is 0 Å². The Kier molecular flexibility index (Phi) is 4.46. The molecule has 0 saturated carbocycles. The Balaban J connectivity index is 2.48. The van der Waals surface area contributed by atoms with Crippen molar-refractivity contribution < 1.29 is 4.79 Å². The van der Waals surface area contributed by atoms with Crippen molar-refractivity contribution in [1.29, 1.82) is 0 Å². The van der Waals surface area contributed by atoms with E-state index in [1.165, 1.54) is 11.3 Å². The van der Waals surface area contributed by atoms with E-state index in [1.807, 2.05) is 20.8 Å². The van der Waals surface area contributed by atoms with Crippen molar-refractivity contribution in [2.45, 2.75) is 33.2 Å². The van der Waals surface area contributed by atoms with Crippen molar-refractivity contribution in [2.75, 3.05) is 5.32 Å². The minimum atomic E-state index is -0.157. The van der Waals surface area contributed by atoms with Crippen LogP contribution in [-0.4, -0.2) is 16.9 Å². The van der Waals surface area contributed by atoms with Gasteiger partial charge in [0.25, 0.3) is 0 Å². The summed E-state index contributed by atoms with van der Waals surface area (Å²) in [4.78, 5) is 15.7. The monoisotopic (exact) mass is 305 g/mol. The number of aromatic nitrogens is 1. The number of rotatable bonds is 3. The fourth-order valence-electron chi connectivity index (χ4n) is 0.988. The molecule has 0 spiro atoms. The van der Waals surface area contributed by atoms with Crippen molar-refractivity contribution in [3.63, 3.8) is 0 Å². The van der Waals surface area contributed by atoms with Crippen LogP contribution in [0.3, 0.4) is 0 Å². The Labute approximate surface area is 108 Å². The largest absolute Gasteiger partial charge is 0.327 e. The van der Waals surface area contributed by atoms with Gasteiger partial charge in [0, 0.05) is 12.5 Å². The summed E-state index contributed by atoms with van der Waals surface area (Å²) in [5, 5.41) is 3.32. The molecule has 1 aromatic heterocycles. The molecule has 1 rings (SSSR count). The van der Waals surface area contributed by atoms with Crippen molar-refractivity contribution in [1.82, 2.24) is 4.98 Å². The fourth-order valence-corrected chi connectivity index (χ4v) is 2.11. The van der Waals surface area contributed by atoms with Gasteiger partial charge in [-0.3, -0.25) is 4.79 Å². The summed E-state index contributed by atoms with van der Waals surface area (Å²) in [6.45, 7) is 6.06. The quantitative estimate of drug-likeness (QED) is 0.902. The summed E-state index contributed by atoms with van der Waals surface area (Å²) >= 11 is 4.67. The summed E-state index contributed by atoms with van der Waals surface area (Å²) in [5.74, 6) is -0.0933. The fraction of sp³-hybridized carbons (Fsp3) is 0.600. The zero-order valence-electron chi connectivity index (χ0n) is 9.58. The molecule has 1 unspecified atom stereocenters. The van der Waals surface area contributed by atoms with Gasteiger partial charge in [0.1, 0.15) is 0 Å². The lowest BCUT2D eigenvalue weighted by Crippen LogP contribution is -2.38. The van der Waals surface area contributed by atoms with Crippen molar-refractivity contribution in [3.05, 3.63) is 9.98 Å². The number of nitrogens with one attached hydrogen (secondary N) is 1. The average molecular weight is 306 g/mol. The van der Waals surface area contributed by atoms with Crippen LogP contribution >= 0.6 is 27.3 Å². The maximum absolute atomic E-state index is 11.6. The van der Waals surface area contributed by atoms with E-state index in [4.69, 9.17) is 5.73 Å². The molecule has 4 nitrogen and oxygen atoms in total. The zero-order chi connectivity index (χ0) is 12.3. The normalized spacial score (nSPS) is 13.6. The Hall–Kier alpha value is -0.460. The highest BCUT2D eigenvalue weighted by molar-refractivity contribution is 9.11. The molecule has 3 N–H and O–H groups in total. The van der Waals surface area contributed by atoms with Crippen LogP contribution in [0.1, 0.15) is 27.2 Å². The molecule has 0 aliphatic rings. The molecule has 6 heteroatoms. The molecule has 1 atom stereocenters. The van der Waals surface area contributed by atoms with Crippen LogP contribution in [-0.2, 0) is 4.79 Å². The molecule has 0 bridgehead atoms. The van der Waals surface area contributed by atoms with Crippen molar-refractivity contribution >= 4 is 38.3 Å². The molecule has 16 heavy (non-hydrogen) atoms. The molecule has 0 radical (unpaired) electrons. The number of nitrogens with zero attached hydrogens (tertiary/aromatic N) is 1. The summed E-state index contributed by atoms with van der Waals surface area (Å²) in [6.07, 6.45) is 1.96. The maximum Gasteiger partial charge on any atom is 0.227 e. The average Bonchev–Trinajstić information content (AvgIpc) is 2.49. The molecule has 0 fully saturated rings. The minimum absolute atomic E-state index is 0.0686. The highest BCUT2D eigenvalue weighted by atomic mass is 79.9. The highest BCUT2D eigenvalue weighted by Gasteiger charge is 2.23. The number of carbonyl (C=O) groups excluding carboxylic acids is 1. The van der Waals surface area contributed by atoms with Gasteiger partial charge in [-0.25, -0.2) is 4.98 Å². The third kappa shape index (κ3) is 4.19. The molecule has 0 aliphatic heterocycles. The van der Waals surface area contributed by atoms with Crippen LogP contribution in [0, 0.1) is 5.41 Å². The van der Waals surface area contributed by atoms with Crippen LogP contribution in [0.4, 0.5) is 5.13 Å². The van der Waals surface area contributed by atoms with E-state index >= 15 is 0 Å². The number of thiazole rings is 1. The van der Waals surface area contributed by atoms with E-state index < -0.39 is 0 Å². The van der Waals surface area contributed by atoms with Gasteiger partial charge < -0.3 is 11.1 Å². The summed E-state index contributed by atoms with van der Waals surface area (Å²) in [6, 6.07) is -0.157. The molecule has 0 saturated heterocycles. The number of carbonyl (C=O) groups is 1. The van der Waals surface area contributed by atoms with Gasteiger partial charge in [-0.2, -0.15) is 0 Å². The second-order valence-corrected chi connectivity index (χ2v) is 7.10. The predicted molar refractivity (Wildman–Crippen MR) is 70.5 cm³/mol. The minimum Gasteiger partial charge on any atom is -0.327 e. The molecule has 1 aromatic rings. The second kappa shape index (κ2) is 5.25. The summed E-state index contributed by atoms with van der Waals surface area (Å²) in [5.41, 5.74) is 5.85. The smallest absolute Gasteiger partial charge is 0.227 e. The first-order valence-corrected chi connectivity index (χ1v) is 6.57. The first-order chi connectivity index (χ1) is 7.29. The first kappa shape index (κ1) is 13.6. The van der Waals surface area contributed by atoms with Crippen LogP contribution in [0.5, 0.6) is 0 Å². The highest BCUT2D eigenvalue weighted by Crippen LogP contribution is 2.24. The van der Waals surface area contributed by atoms with Gasteiger partial charge in [-0.05, 0) is 21.3 Å². The van der Waals surface area contributed by atoms with Gasteiger partial charge in [0.2, 0.25) is 5.91 Å². The standard InChI is InChI=1S/C10H16BrN3OS/c1-10(2,3)6(12)4-8(15)14-9-13-5-7(11)16-9/h5-6H,4,12H2,1-3H3,(H,13,14,15). The van der Waals surface area contributed by atoms with Gasteiger partial charge in [-0.1, -0.05) is 32.1 Å². The topological polar surface area (TPSA) is 68.0 Å². The Morgan fingerprint density at radius 3 is 2.75 bits per heavy atom. The van der Waals surface area contributed by atoms with Crippen molar-refractivity contribution in [2.24, 2.45) is 11.1 Å². The van der Waals surface area contributed by atoms with Gasteiger partial charge in [-0.15, -0.1) is 0 Å². The van der Waals surface area contributed by atoms with Crippen LogP contribution in [0.15, 0.2) is 9.98 Å². The van der Waals surface area contributed by atoms with Crippen LogP contribution < -0.4 is 11.1 Å². The number of nitrogens with two attached hydrogens (primary N) is 1. The maximum atomic E-state index is 11.6. The first-order valence-electron chi connectivity index (χ1n) is 4.96. The Morgan fingerprint density at radius 2 is 2.31 bits per heavy atom. The number of hydrogen-bond donors (Lipinski definition) is 2. The van der Waals surface area contributed by atoms with Gasteiger partial charge in [0.05, 0.1) is 9.98 Å². The lowest BCUT2D eigenvalue weighted by molar-refractivity contribution is -0.117. The predicted octanol–water partition coefficient (Wildman–Crippen LogP) is 2.61. The van der Waals surface area contributed by atoms with E-state index in [0.717, 1.165) is 3.79 Å². The van der Waals surface area contributed by atoms with E-state index in [1.54, 1.807) is 6.20 Å². The molecular formula is C10H16BrN3OS. The SMILES string of the molecule is CC(C)(C)C(N)CC(=O)Nc1ncc(Br)s1. The van der Waals surface area contributed by atoms with E-state index in [9.17, 15) is 4.79 Å². The van der Waals surface area contributed by atoms with E-state index in [2.05, 4.69) is 26.2 Å². The molecule has 1 heterocycles. The molecule has 0 aliphatic carbocycles. The number of halogens is 1. The Morgan fingerprint density at radius 1 is 1.69 bits per heavy atom. The molecule has 1 amide bonds. The van der Waals surface area contributed by atoms with Gasteiger partial charge in [0.15, 0.2) is 5.13 Å². The number of amides is 1. The van der Waals surface area contributed by atoms with Crippen LogP contribution in [0.2, 0.25) is 0 Å². The number of anilines is 1. The van der Waals surface area contributed by atoms with E-state index in [0.29, 0.717) is 11.6 Å². The van der Waals surface area contributed by atoms with E-state index in [-0.39, 0.29) is 17.4 Å². The lowest BCUT2D eigenvalue weighted by atomic mass is 9.85. The third-order valence-corrected chi connectivity index (χ3v) is 3.63. The third-order valence-electron chi connectivity index (χ3n) is 2.24. The summed E-state index contributed by atoms with van der Waals surface area (Å²) < 4.78 is 0.892. The lowest BCUT2D eigenvalue weighted by Gasteiger charge is -2.26. The molecular weight excluding hydrogens is 290 g/mol. The zero-order valence-corrected chi connectivity index (χ0v) is 12.0. The second-order valence-electron chi connectivity index (χ2n) is 4.69. The van der Waals surface area contributed by atoms with Gasteiger partial charge >= 0.3 is 0 Å². The molecule has 90 valence electrons. The summed E-state index contributed by atoms with van der Waals surface area (Å²) in [7, 11) is 0. The molecule has 0 aromatic carbocycles. The Bertz CT molecular complexity index is 372. The van der Waals surface area contributed by atoms with Crippen molar-refractivity contribution in [3.8, 4) is 0 Å².